The standard InChI is InChI=1S/C24H20N2O4/c27-22-15-26(21-9-5-4-8-20(21)25-22)23(28)16-30-24(29)14-17-10-12-19(13-11-17)18-6-2-1-3-7-18/h1-13H,14-16H2,(H,25,27). The molecule has 1 aliphatic heterocycles. The number of anilines is 2. The van der Waals surface area contributed by atoms with E-state index in [0.29, 0.717) is 11.4 Å². The van der Waals surface area contributed by atoms with Gasteiger partial charge in [-0.05, 0) is 28.8 Å². The first-order valence-corrected chi connectivity index (χ1v) is 9.59. The van der Waals surface area contributed by atoms with Crippen LogP contribution >= 0.6 is 0 Å². The van der Waals surface area contributed by atoms with E-state index in [0.717, 1.165) is 16.7 Å². The van der Waals surface area contributed by atoms with Crippen molar-refractivity contribution < 1.29 is 19.1 Å². The number of esters is 1. The second-order valence-electron chi connectivity index (χ2n) is 6.95. The van der Waals surface area contributed by atoms with Gasteiger partial charge >= 0.3 is 5.97 Å². The molecule has 4 rings (SSSR count). The predicted octanol–water partition coefficient (Wildman–Crippen LogP) is 3.42. The maximum Gasteiger partial charge on any atom is 0.310 e. The van der Waals surface area contributed by atoms with Gasteiger partial charge in [0, 0.05) is 0 Å². The number of carbonyl (C=O) groups excluding carboxylic acids is 3. The number of benzene rings is 3. The van der Waals surface area contributed by atoms with E-state index in [9.17, 15) is 14.4 Å². The van der Waals surface area contributed by atoms with Gasteiger partial charge in [0.25, 0.3) is 5.91 Å². The van der Waals surface area contributed by atoms with Gasteiger partial charge in [0.2, 0.25) is 5.91 Å². The van der Waals surface area contributed by atoms with Crippen LogP contribution in [0.5, 0.6) is 0 Å². The molecule has 0 radical (unpaired) electrons. The third-order valence-corrected chi connectivity index (χ3v) is 4.84. The molecular formula is C24H20N2O4. The van der Waals surface area contributed by atoms with E-state index < -0.39 is 18.5 Å². The number of para-hydroxylation sites is 2. The minimum absolute atomic E-state index is 0.0689. The summed E-state index contributed by atoms with van der Waals surface area (Å²) >= 11 is 0. The lowest BCUT2D eigenvalue weighted by molar-refractivity contribution is -0.147. The van der Waals surface area contributed by atoms with E-state index in [4.69, 9.17) is 4.74 Å². The highest BCUT2D eigenvalue weighted by Gasteiger charge is 2.27. The van der Waals surface area contributed by atoms with E-state index in [1.54, 1.807) is 24.3 Å². The molecule has 0 unspecified atom stereocenters. The quantitative estimate of drug-likeness (QED) is 0.666. The molecule has 6 nitrogen and oxygen atoms in total. The zero-order valence-electron chi connectivity index (χ0n) is 16.2. The summed E-state index contributed by atoms with van der Waals surface area (Å²) in [7, 11) is 0. The Balaban J connectivity index is 1.34. The number of hydrogen-bond donors (Lipinski definition) is 1. The summed E-state index contributed by atoms with van der Waals surface area (Å²) in [5, 5.41) is 2.72. The van der Waals surface area contributed by atoms with Gasteiger partial charge in [0.05, 0.1) is 17.8 Å². The fourth-order valence-corrected chi connectivity index (χ4v) is 3.34. The average molecular weight is 400 g/mol. The Morgan fingerprint density at radius 1 is 0.867 bits per heavy atom. The Labute approximate surface area is 174 Å². The number of nitrogens with one attached hydrogen (secondary N) is 1. The van der Waals surface area contributed by atoms with Crippen LogP contribution in [0.4, 0.5) is 11.4 Å². The number of carbonyl (C=O) groups is 3. The molecule has 0 aromatic heterocycles. The van der Waals surface area contributed by atoms with Gasteiger partial charge in [-0.2, -0.15) is 0 Å². The zero-order chi connectivity index (χ0) is 20.9. The highest BCUT2D eigenvalue weighted by molar-refractivity contribution is 6.10. The van der Waals surface area contributed by atoms with Crippen molar-refractivity contribution in [1.82, 2.24) is 0 Å². The third-order valence-electron chi connectivity index (χ3n) is 4.84. The van der Waals surface area contributed by atoms with Crippen LogP contribution in [0.2, 0.25) is 0 Å². The molecule has 6 heteroatoms. The second kappa shape index (κ2) is 8.61. The Bertz CT molecular complexity index is 1080. The lowest BCUT2D eigenvalue weighted by atomic mass is 10.0. The summed E-state index contributed by atoms with van der Waals surface area (Å²) in [6.45, 7) is -0.517. The van der Waals surface area contributed by atoms with Gasteiger partial charge in [-0.1, -0.05) is 66.7 Å². The van der Waals surface area contributed by atoms with Crippen LogP contribution in [-0.4, -0.2) is 30.9 Å². The second-order valence-corrected chi connectivity index (χ2v) is 6.95. The van der Waals surface area contributed by atoms with Gasteiger partial charge < -0.3 is 10.1 Å². The highest BCUT2D eigenvalue weighted by Crippen LogP contribution is 2.28. The Kier molecular flexibility index (Phi) is 5.57. The molecule has 0 aliphatic carbocycles. The van der Waals surface area contributed by atoms with Crippen molar-refractivity contribution in [2.45, 2.75) is 6.42 Å². The molecule has 3 aromatic carbocycles. The van der Waals surface area contributed by atoms with Crippen molar-refractivity contribution in [3.8, 4) is 11.1 Å². The molecule has 150 valence electrons. The summed E-state index contributed by atoms with van der Waals surface area (Å²) in [5.41, 5.74) is 4.12. The number of hydrogen-bond acceptors (Lipinski definition) is 4. The van der Waals surface area contributed by atoms with E-state index in [1.165, 1.54) is 4.90 Å². The molecule has 0 atom stereocenters. The summed E-state index contributed by atoms with van der Waals surface area (Å²) in [5.74, 6) is -1.22. The normalized spacial score (nSPS) is 12.7. The fourth-order valence-electron chi connectivity index (χ4n) is 3.34. The molecule has 1 aliphatic rings. The molecule has 1 heterocycles. The average Bonchev–Trinajstić information content (AvgIpc) is 2.78. The van der Waals surface area contributed by atoms with E-state index in [-0.39, 0.29) is 18.9 Å². The van der Waals surface area contributed by atoms with Crippen LogP contribution in [0, 0.1) is 0 Å². The van der Waals surface area contributed by atoms with Crippen molar-refractivity contribution >= 4 is 29.2 Å². The Morgan fingerprint density at radius 2 is 1.53 bits per heavy atom. The highest BCUT2D eigenvalue weighted by atomic mass is 16.5. The first-order chi connectivity index (χ1) is 14.6. The summed E-state index contributed by atoms with van der Waals surface area (Å²) in [6.07, 6.45) is 0.0689. The predicted molar refractivity (Wildman–Crippen MR) is 114 cm³/mol. The molecule has 0 bridgehead atoms. The maximum atomic E-state index is 12.5. The van der Waals surface area contributed by atoms with Gasteiger partial charge in [0.1, 0.15) is 6.54 Å². The van der Waals surface area contributed by atoms with Gasteiger partial charge in [-0.25, -0.2) is 0 Å². The smallest absolute Gasteiger partial charge is 0.310 e. The lowest BCUT2D eigenvalue weighted by Gasteiger charge is -2.28. The minimum Gasteiger partial charge on any atom is -0.455 e. The van der Waals surface area contributed by atoms with Crippen molar-refractivity contribution in [2.24, 2.45) is 0 Å². The molecule has 0 spiro atoms. The van der Waals surface area contributed by atoms with Crippen LogP contribution in [-0.2, 0) is 25.5 Å². The van der Waals surface area contributed by atoms with Gasteiger partial charge in [-0.15, -0.1) is 0 Å². The molecule has 0 fully saturated rings. The maximum absolute atomic E-state index is 12.5. The van der Waals surface area contributed by atoms with Crippen LogP contribution in [0.1, 0.15) is 5.56 Å². The number of fused-ring (bicyclic) bond motifs is 1. The van der Waals surface area contributed by atoms with E-state index >= 15 is 0 Å². The topological polar surface area (TPSA) is 75.7 Å². The molecule has 0 saturated carbocycles. The molecule has 30 heavy (non-hydrogen) atoms. The van der Waals surface area contributed by atoms with Crippen LogP contribution in [0.25, 0.3) is 11.1 Å². The number of rotatable bonds is 5. The molecule has 1 N–H and O–H groups in total. The number of amides is 2. The Hall–Kier alpha value is -3.93. The first-order valence-electron chi connectivity index (χ1n) is 9.59. The number of ether oxygens (including phenoxy) is 1. The van der Waals surface area contributed by atoms with Gasteiger partial charge in [0.15, 0.2) is 6.61 Å². The molecule has 0 saturated heterocycles. The van der Waals surface area contributed by atoms with E-state index in [2.05, 4.69) is 5.32 Å². The van der Waals surface area contributed by atoms with Crippen LogP contribution < -0.4 is 10.2 Å². The van der Waals surface area contributed by atoms with Crippen molar-refractivity contribution in [1.29, 1.82) is 0 Å². The zero-order valence-corrected chi connectivity index (χ0v) is 16.2. The summed E-state index contributed by atoms with van der Waals surface area (Å²) in [6, 6.07) is 24.6. The monoisotopic (exact) mass is 400 g/mol. The third kappa shape index (κ3) is 4.38. The summed E-state index contributed by atoms with van der Waals surface area (Å²) in [4.78, 5) is 37.9. The fraction of sp³-hybridized carbons (Fsp3) is 0.125. The SMILES string of the molecule is O=C1CN(C(=O)COC(=O)Cc2ccc(-c3ccccc3)cc2)c2ccccc2N1. The lowest BCUT2D eigenvalue weighted by Crippen LogP contribution is -2.44. The van der Waals surface area contributed by atoms with Gasteiger partial charge in [-0.3, -0.25) is 19.3 Å². The van der Waals surface area contributed by atoms with E-state index in [1.807, 2.05) is 54.6 Å². The molecule has 2 amide bonds. The van der Waals surface area contributed by atoms with Crippen LogP contribution in [0.3, 0.4) is 0 Å². The van der Waals surface area contributed by atoms with Crippen LogP contribution in [0.15, 0.2) is 78.9 Å². The summed E-state index contributed by atoms with van der Waals surface area (Å²) < 4.78 is 5.16. The van der Waals surface area contributed by atoms with Crippen molar-refractivity contribution in [3.05, 3.63) is 84.4 Å². The Morgan fingerprint density at radius 3 is 2.30 bits per heavy atom. The molecular weight excluding hydrogens is 380 g/mol. The largest absolute Gasteiger partial charge is 0.455 e. The number of nitrogens with zero attached hydrogens (tertiary/aromatic N) is 1. The molecule has 3 aromatic rings. The first kappa shape index (κ1) is 19.4. The van der Waals surface area contributed by atoms with Crippen molar-refractivity contribution in [2.75, 3.05) is 23.4 Å². The minimum atomic E-state index is -0.495. The van der Waals surface area contributed by atoms with Crippen molar-refractivity contribution in [3.63, 3.8) is 0 Å².